The number of hydrogen-bond acceptors (Lipinski definition) is 4. The molecule has 1 heterocycles. The van der Waals surface area contributed by atoms with Gasteiger partial charge >= 0.3 is 0 Å². The van der Waals surface area contributed by atoms with Crippen molar-refractivity contribution in [3.8, 4) is 0 Å². The summed E-state index contributed by atoms with van der Waals surface area (Å²) in [6, 6.07) is 0. The van der Waals surface area contributed by atoms with Crippen molar-refractivity contribution in [2.75, 3.05) is 46.9 Å². The fourth-order valence-corrected chi connectivity index (χ4v) is 2.06. The van der Waals surface area contributed by atoms with Crippen molar-refractivity contribution in [3.05, 3.63) is 0 Å². The Morgan fingerprint density at radius 2 is 2.24 bits per heavy atom. The monoisotopic (exact) mass is 243 g/mol. The molecule has 1 rings (SSSR count). The molecule has 0 saturated carbocycles. The molecule has 0 aliphatic carbocycles. The van der Waals surface area contributed by atoms with Gasteiger partial charge in [-0.05, 0) is 13.0 Å². The summed E-state index contributed by atoms with van der Waals surface area (Å²) in [5.41, 5.74) is 0. The average molecular weight is 243 g/mol. The van der Waals surface area contributed by atoms with Gasteiger partial charge in [0.05, 0.1) is 19.3 Å². The molecule has 5 heteroatoms. The zero-order valence-electron chi connectivity index (χ0n) is 11.4. The fraction of sp³-hybridized carbons (Fsp3) is 0.917. The van der Waals surface area contributed by atoms with Crippen LogP contribution in [0.5, 0.6) is 0 Å². The van der Waals surface area contributed by atoms with E-state index >= 15 is 0 Å². The van der Waals surface area contributed by atoms with Crippen molar-refractivity contribution in [1.29, 1.82) is 0 Å². The van der Waals surface area contributed by atoms with E-state index < -0.39 is 0 Å². The summed E-state index contributed by atoms with van der Waals surface area (Å²) >= 11 is 0. The molecule has 1 fully saturated rings. The van der Waals surface area contributed by atoms with Crippen molar-refractivity contribution >= 4 is 5.91 Å². The van der Waals surface area contributed by atoms with Crippen LogP contribution in [0.15, 0.2) is 0 Å². The number of carbonyl (C=O) groups excluding carboxylic acids is 1. The van der Waals surface area contributed by atoms with Crippen molar-refractivity contribution in [1.82, 2.24) is 15.1 Å². The highest BCUT2D eigenvalue weighted by atomic mass is 16.5. The fourth-order valence-electron chi connectivity index (χ4n) is 2.06. The molecule has 5 nitrogen and oxygen atoms in total. The molecule has 1 saturated heterocycles. The second-order valence-electron chi connectivity index (χ2n) is 4.95. The summed E-state index contributed by atoms with van der Waals surface area (Å²) in [6.45, 7) is 8.06. The summed E-state index contributed by atoms with van der Waals surface area (Å²) in [7, 11) is 3.76. The van der Waals surface area contributed by atoms with Crippen LogP contribution in [0, 0.1) is 5.92 Å². The Hall–Kier alpha value is -0.650. The lowest BCUT2D eigenvalue weighted by Crippen LogP contribution is -2.44. The molecule has 0 aromatic carbocycles. The van der Waals surface area contributed by atoms with Crippen LogP contribution >= 0.6 is 0 Å². The van der Waals surface area contributed by atoms with Gasteiger partial charge in [-0.15, -0.1) is 0 Å². The van der Waals surface area contributed by atoms with E-state index in [1.54, 1.807) is 7.11 Å². The zero-order chi connectivity index (χ0) is 12.8. The SMILES string of the molecule is COCCN(C)CCN1C(=O)CNC1C(C)C. The third kappa shape index (κ3) is 4.26. The van der Waals surface area contributed by atoms with Gasteiger partial charge in [-0.25, -0.2) is 0 Å². The van der Waals surface area contributed by atoms with Gasteiger partial charge in [0, 0.05) is 26.7 Å². The summed E-state index contributed by atoms with van der Waals surface area (Å²) < 4.78 is 5.03. The van der Waals surface area contributed by atoms with Gasteiger partial charge < -0.3 is 14.5 Å². The lowest BCUT2D eigenvalue weighted by Gasteiger charge is -2.29. The minimum absolute atomic E-state index is 0.193. The first-order valence-corrected chi connectivity index (χ1v) is 6.26. The Labute approximate surface area is 104 Å². The van der Waals surface area contributed by atoms with E-state index in [1.807, 2.05) is 4.90 Å². The average Bonchev–Trinajstić information content (AvgIpc) is 2.65. The lowest BCUT2D eigenvalue weighted by molar-refractivity contribution is -0.128. The van der Waals surface area contributed by atoms with Crippen LogP contribution in [-0.2, 0) is 9.53 Å². The van der Waals surface area contributed by atoms with E-state index in [2.05, 4.69) is 31.1 Å². The van der Waals surface area contributed by atoms with Gasteiger partial charge in [0.25, 0.3) is 0 Å². The molecule has 0 aromatic heterocycles. The minimum atomic E-state index is 0.193. The highest BCUT2D eigenvalue weighted by Gasteiger charge is 2.31. The Balaban J connectivity index is 2.35. The standard InChI is InChI=1S/C12H25N3O2/c1-10(2)12-13-9-11(16)15(12)6-5-14(3)7-8-17-4/h10,12-13H,5-9H2,1-4H3. The molecule has 17 heavy (non-hydrogen) atoms. The molecule has 1 aliphatic rings. The molecule has 0 radical (unpaired) electrons. The molecule has 1 aliphatic heterocycles. The van der Waals surface area contributed by atoms with Crippen LogP contribution in [0.25, 0.3) is 0 Å². The van der Waals surface area contributed by atoms with Gasteiger partial charge in [-0.1, -0.05) is 13.8 Å². The van der Waals surface area contributed by atoms with Crippen LogP contribution in [0.3, 0.4) is 0 Å². The molecule has 0 bridgehead atoms. The Morgan fingerprint density at radius 1 is 1.53 bits per heavy atom. The number of likely N-dealkylation sites (N-methyl/N-ethyl adjacent to an activating group) is 1. The number of carbonyl (C=O) groups is 1. The van der Waals surface area contributed by atoms with Crippen molar-refractivity contribution in [2.24, 2.45) is 5.92 Å². The Kier molecular flexibility index (Phi) is 5.88. The quantitative estimate of drug-likeness (QED) is 0.682. The van der Waals surface area contributed by atoms with Crippen molar-refractivity contribution in [3.63, 3.8) is 0 Å². The Morgan fingerprint density at radius 3 is 2.82 bits per heavy atom. The molecule has 100 valence electrons. The number of amides is 1. The largest absolute Gasteiger partial charge is 0.383 e. The highest BCUT2D eigenvalue weighted by molar-refractivity contribution is 5.80. The second kappa shape index (κ2) is 6.93. The number of hydrogen-bond donors (Lipinski definition) is 1. The summed E-state index contributed by atoms with van der Waals surface area (Å²) in [5.74, 6) is 0.662. The first-order valence-electron chi connectivity index (χ1n) is 6.26. The maximum atomic E-state index is 11.7. The van der Waals surface area contributed by atoms with Crippen molar-refractivity contribution in [2.45, 2.75) is 20.0 Å². The number of methoxy groups -OCH3 is 1. The third-order valence-corrected chi connectivity index (χ3v) is 3.15. The third-order valence-electron chi connectivity index (χ3n) is 3.15. The lowest BCUT2D eigenvalue weighted by atomic mass is 10.1. The molecule has 0 spiro atoms. The van der Waals surface area contributed by atoms with Crippen LogP contribution in [-0.4, -0.2) is 68.8 Å². The normalized spacial score (nSPS) is 20.9. The van der Waals surface area contributed by atoms with Crippen LogP contribution in [0.1, 0.15) is 13.8 Å². The molecular formula is C12H25N3O2. The summed E-state index contributed by atoms with van der Waals surface area (Å²) in [5, 5.41) is 3.26. The van der Waals surface area contributed by atoms with E-state index in [9.17, 15) is 4.79 Å². The molecule has 1 unspecified atom stereocenters. The number of rotatable bonds is 7. The zero-order valence-corrected chi connectivity index (χ0v) is 11.4. The molecule has 1 N–H and O–H groups in total. The number of ether oxygens (including phenoxy) is 1. The second-order valence-corrected chi connectivity index (χ2v) is 4.95. The predicted molar refractivity (Wildman–Crippen MR) is 67.7 cm³/mol. The van der Waals surface area contributed by atoms with E-state index in [4.69, 9.17) is 4.74 Å². The highest BCUT2D eigenvalue weighted by Crippen LogP contribution is 2.13. The summed E-state index contributed by atoms with van der Waals surface area (Å²) in [6.07, 6.45) is 0.193. The molecular weight excluding hydrogens is 218 g/mol. The maximum absolute atomic E-state index is 11.7. The number of nitrogens with zero attached hydrogens (tertiary/aromatic N) is 2. The van der Waals surface area contributed by atoms with E-state index in [0.29, 0.717) is 12.5 Å². The van der Waals surface area contributed by atoms with Crippen LogP contribution in [0.2, 0.25) is 0 Å². The van der Waals surface area contributed by atoms with Gasteiger partial charge in [-0.2, -0.15) is 0 Å². The molecule has 1 atom stereocenters. The van der Waals surface area contributed by atoms with Crippen molar-refractivity contribution < 1.29 is 9.53 Å². The van der Waals surface area contributed by atoms with Crippen LogP contribution < -0.4 is 5.32 Å². The molecule has 1 amide bonds. The summed E-state index contributed by atoms with van der Waals surface area (Å²) in [4.78, 5) is 15.9. The van der Waals surface area contributed by atoms with Crippen LogP contribution in [0.4, 0.5) is 0 Å². The first-order chi connectivity index (χ1) is 8.06. The smallest absolute Gasteiger partial charge is 0.237 e. The van der Waals surface area contributed by atoms with Gasteiger partial charge in [-0.3, -0.25) is 10.1 Å². The van der Waals surface area contributed by atoms with E-state index in [1.165, 1.54) is 0 Å². The van der Waals surface area contributed by atoms with Gasteiger partial charge in [0.15, 0.2) is 0 Å². The van der Waals surface area contributed by atoms with E-state index in [-0.39, 0.29) is 12.1 Å². The minimum Gasteiger partial charge on any atom is -0.383 e. The van der Waals surface area contributed by atoms with Gasteiger partial charge in [0.1, 0.15) is 0 Å². The molecule has 0 aromatic rings. The van der Waals surface area contributed by atoms with E-state index in [0.717, 1.165) is 26.2 Å². The topological polar surface area (TPSA) is 44.8 Å². The maximum Gasteiger partial charge on any atom is 0.237 e. The predicted octanol–water partition coefficient (Wildman–Crippen LogP) is -0.0215. The van der Waals surface area contributed by atoms with Gasteiger partial charge in [0.2, 0.25) is 5.91 Å². The Bertz CT molecular complexity index is 246. The first kappa shape index (κ1) is 14.4. The number of nitrogens with one attached hydrogen (secondary N) is 1.